The van der Waals surface area contributed by atoms with Crippen LogP contribution in [0.25, 0.3) is 0 Å². The quantitative estimate of drug-likeness (QED) is 0.479. The number of aliphatic imine (C=N–C) groups is 2. The lowest BCUT2D eigenvalue weighted by Crippen LogP contribution is -2.11. The third kappa shape index (κ3) is 3.46. The summed E-state index contributed by atoms with van der Waals surface area (Å²) in [6, 6.07) is 13.2. The Hall–Kier alpha value is -2.22. The van der Waals surface area contributed by atoms with E-state index in [1.165, 1.54) is 12.2 Å². The van der Waals surface area contributed by atoms with Crippen molar-refractivity contribution >= 4 is 46.7 Å². The normalized spacial score (nSPS) is 10.4. The van der Waals surface area contributed by atoms with E-state index in [1.807, 2.05) is 0 Å². The highest BCUT2D eigenvalue weighted by molar-refractivity contribution is 6.50. The molecule has 0 fully saturated rings. The van der Waals surface area contributed by atoms with Crippen LogP contribution in [-0.2, 0) is 13.9 Å². The molecule has 0 unspecified atom stereocenters. The highest BCUT2D eigenvalue weighted by atomic mass is 35.5. The fourth-order valence-corrected chi connectivity index (χ4v) is 2.27. The van der Waals surface area contributed by atoms with Crippen LogP contribution in [0.5, 0.6) is 0 Å². The van der Waals surface area contributed by atoms with Crippen LogP contribution in [0.15, 0.2) is 58.5 Å². The molecule has 0 N–H and O–H groups in total. The first kappa shape index (κ1) is 15.2. The molecule has 21 heavy (non-hydrogen) atoms. The van der Waals surface area contributed by atoms with Gasteiger partial charge in [-0.3, -0.25) is 0 Å². The van der Waals surface area contributed by atoms with Gasteiger partial charge in [0, 0.05) is 0 Å². The maximum absolute atomic E-state index is 10.2. The fraction of sp³-hybridized carbons (Fsp3) is 0.0667. The molecule has 6 heteroatoms. The first-order valence-corrected chi connectivity index (χ1v) is 6.58. The largest absolute Gasteiger partial charge is 0.240 e. The van der Waals surface area contributed by atoms with Gasteiger partial charge in [0.1, 0.15) is 0 Å². The van der Waals surface area contributed by atoms with Crippen molar-refractivity contribution in [2.24, 2.45) is 9.98 Å². The number of hydrogen-bond donors (Lipinski definition) is 0. The van der Waals surface area contributed by atoms with Gasteiger partial charge in [-0.15, -0.1) is 0 Å². The van der Waals surface area contributed by atoms with Crippen LogP contribution in [0.4, 0.5) is 11.4 Å². The lowest BCUT2D eigenvalue weighted by Gasteiger charge is -2.20. The summed E-state index contributed by atoms with van der Waals surface area (Å²) in [6.07, 6.45) is 2.92. The van der Waals surface area contributed by atoms with E-state index in [0.717, 1.165) is 0 Å². The molecule has 0 bridgehead atoms. The number of carbonyl (C=O) groups excluding carboxylic acids is 2. The first-order valence-electron chi connectivity index (χ1n) is 5.82. The minimum atomic E-state index is -1.27. The number of nitrogens with zero attached hydrogens (tertiary/aromatic N) is 2. The summed E-state index contributed by atoms with van der Waals surface area (Å²) in [7, 11) is 0. The third-order valence-electron chi connectivity index (χ3n) is 2.81. The van der Waals surface area contributed by atoms with Crippen LogP contribution in [0.1, 0.15) is 11.1 Å². The molecule has 2 aromatic carbocycles. The second kappa shape index (κ2) is 6.49. The second-order valence-electron chi connectivity index (χ2n) is 4.07. The van der Waals surface area contributed by atoms with Crippen LogP contribution in [0, 0.1) is 0 Å². The van der Waals surface area contributed by atoms with E-state index in [1.54, 1.807) is 48.5 Å². The second-order valence-corrected chi connectivity index (χ2v) is 5.40. The van der Waals surface area contributed by atoms with Crippen molar-refractivity contribution in [3.63, 3.8) is 0 Å². The van der Waals surface area contributed by atoms with Gasteiger partial charge in [0.2, 0.25) is 12.2 Å². The summed E-state index contributed by atoms with van der Waals surface area (Å²) < 4.78 is -1.27. The lowest BCUT2D eigenvalue weighted by molar-refractivity contribution is 0.564. The molecular formula is C15H8Cl2N2O2. The third-order valence-corrected chi connectivity index (χ3v) is 3.68. The molecule has 0 saturated heterocycles. The summed E-state index contributed by atoms with van der Waals surface area (Å²) in [5.41, 5.74) is 2.19. The van der Waals surface area contributed by atoms with Crippen molar-refractivity contribution in [3.8, 4) is 0 Å². The molecule has 0 aliphatic rings. The van der Waals surface area contributed by atoms with Gasteiger partial charge in [0.05, 0.1) is 11.4 Å². The minimum absolute atomic E-state index is 0.466. The molecule has 2 rings (SSSR count). The van der Waals surface area contributed by atoms with Gasteiger partial charge < -0.3 is 0 Å². The summed E-state index contributed by atoms with van der Waals surface area (Å²) >= 11 is 12.8. The van der Waals surface area contributed by atoms with Gasteiger partial charge in [0.15, 0.2) is 4.33 Å². The molecule has 0 aliphatic carbocycles. The number of rotatable bonds is 4. The Kier molecular flexibility index (Phi) is 4.69. The SMILES string of the molecule is O=C=Nc1ccc(C(Cl)(Cl)c2ccc(N=C=O)cc2)cc1. The highest BCUT2D eigenvalue weighted by Crippen LogP contribution is 2.41. The zero-order chi connectivity index (χ0) is 15.3. The number of halogens is 2. The Morgan fingerprint density at radius 2 is 1.05 bits per heavy atom. The maximum Gasteiger partial charge on any atom is 0.240 e. The molecule has 104 valence electrons. The average Bonchev–Trinajstić information content (AvgIpc) is 2.49. The average molecular weight is 319 g/mol. The van der Waals surface area contributed by atoms with Crippen molar-refractivity contribution in [3.05, 3.63) is 59.7 Å². The van der Waals surface area contributed by atoms with Gasteiger partial charge in [-0.1, -0.05) is 47.5 Å². The topological polar surface area (TPSA) is 58.9 Å². The summed E-state index contributed by atoms with van der Waals surface area (Å²) in [4.78, 5) is 27.4. The van der Waals surface area contributed by atoms with E-state index in [2.05, 4.69) is 9.98 Å². The molecule has 0 heterocycles. The number of isocyanates is 2. The standard InChI is InChI=1S/C15H8Cl2N2O2/c16-15(17,11-1-5-13(6-2-11)18-9-20)12-3-7-14(8-4-12)19-10-21/h1-8H. The first-order chi connectivity index (χ1) is 10.1. The minimum Gasteiger partial charge on any atom is -0.211 e. The summed E-state index contributed by atoms with van der Waals surface area (Å²) in [6.45, 7) is 0. The lowest BCUT2D eigenvalue weighted by atomic mass is 10.0. The summed E-state index contributed by atoms with van der Waals surface area (Å²) in [5.74, 6) is 0. The van der Waals surface area contributed by atoms with E-state index in [4.69, 9.17) is 23.2 Å². The maximum atomic E-state index is 10.2. The van der Waals surface area contributed by atoms with Crippen LogP contribution >= 0.6 is 23.2 Å². The zero-order valence-corrected chi connectivity index (χ0v) is 12.1. The molecule has 0 atom stereocenters. The number of alkyl halides is 2. The zero-order valence-electron chi connectivity index (χ0n) is 10.6. The Bertz CT molecular complexity index is 664. The van der Waals surface area contributed by atoms with Crippen molar-refractivity contribution in [1.29, 1.82) is 0 Å². The van der Waals surface area contributed by atoms with Crippen LogP contribution in [-0.4, -0.2) is 12.2 Å². The van der Waals surface area contributed by atoms with Gasteiger partial charge in [-0.2, -0.15) is 9.98 Å². The summed E-state index contributed by atoms with van der Waals surface area (Å²) in [5, 5.41) is 0. The predicted octanol–water partition coefficient (Wildman–Crippen LogP) is 4.30. The Balaban J connectivity index is 2.35. The molecule has 2 aromatic rings. The number of benzene rings is 2. The van der Waals surface area contributed by atoms with Crippen LogP contribution < -0.4 is 0 Å². The Morgan fingerprint density at radius 3 is 1.33 bits per heavy atom. The van der Waals surface area contributed by atoms with E-state index in [-0.39, 0.29) is 0 Å². The van der Waals surface area contributed by atoms with E-state index in [0.29, 0.717) is 22.5 Å². The van der Waals surface area contributed by atoms with Crippen LogP contribution in [0.3, 0.4) is 0 Å². The van der Waals surface area contributed by atoms with E-state index >= 15 is 0 Å². The molecule has 0 aromatic heterocycles. The van der Waals surface area contributed by atoms with Gasteiger partial charge >= 0.3 is 0 Å². The van der Waals surface area contributed by atoms with Gasteiger partial charge in [0.25, 0.3) is 0 Å². The van der Waals surface area contributed by atoms with Crippen LogP contribution in [0.2, 0.25) is 0 Å². The fourth-order valence-electron chi connectivity index (χ4n) is 1.76. The highest BCUT2D eigenvalue weighted by Gasteiger charge is 2.28. The van der Waals surface area contributed by atoms with Crippen molar-refractivity contribution in [2.45, 2.75) is 4.33 Å². The molecule has 0 saturated carbocycles. The van der Waals surface area contributed by atoms with Crippen molar-refractivity contribution < 1.29 is 9.59 Å². The molecule has 0 amide bonds. The molecule has 4 nitrogen and oxygen atoms in total. The smallest absolute Gasteiger partial charge is 0.211 e. The molecule has 0 aliphatic heterocycles. The molecule has 0 radical (unpaired) electrons. The van der Waals surface area contributed by atoms with Gasteiger partial charge in [-0.25, -0.2) is 9.59 Å². The van der Waals surface area contributed by atoms with Gasteiger partial charge in [-0.05, 0) is 35.4 Å². The number of hydrogen-bond acceptors (Lipinski definition) is 4. The van der Waals surface area contributed by atoms with Crippen molar-refractivity contribution in [1.82, 2.24) is 0 Å². The Morgan fingerprint density at radius 1 is 0.714 bits per heavy atom. The van der Waals surface area contributed by atoms with E-state index in [9.17, 15) is 9.59 Å². The molecular weight excluding hydrogens is 311 g/mol. The van der Waals surface area contributed by atoms with Crippen molar-refractivity contribution in [2.75, 3.05) is 0 Å². The predicted molar refractivity (Wildman–Crippen MR) is 80.9 cm³/mol. The molecule has 0 spiro atoms. The Labute approximate surface area is 130 Å². The van der Waals surface area contributed by atoms with E-state index < -0.39 is 4.33 Å². The monoisotopic (exact) mass is 318 g/mol.